The van der Waals surface area contributed by atoms with Crippen molar-refractivity contribution in [2.45, 2.75) is 6.42 Å². The van der Waals surface area contributed by atoms with Crippen molar-refractivity contribution in [2.24, 2.45) is 0 Å². The Balaban J connectivity index is 2.46. The van der Waals surface area contributed by atoms with Gasteiger partial charge in [-0.2, -0.15) is 0 Å². The lowest BCUT2D eigenvalue weighted by atomic mass is 10.1. The monoisotopic (exact) mass is 307 g/mol. The molecule has 0 heterocycles. The predicted octanol–water partition coefficient (Wildman–Crippen LogP) is 3.67. The number of hydrogen-bond acceptors (Lipinski definition) is 4. The van der Waals surface area contributed by atoms with Gasteiger partial charge in [-0.05, 0) is 18.2 Å². The third kappa shape index (κ3) is 3.49. The number of carboxylic acid groups (broad SMARTS) is 1. The number of rotatable bonds is 5. The summed E-state index contributed by atoms with van der Waals surface area (Å²) in [4.78, 5) is 21.3. The number of carbonyl (C=O) groups is 1. The van der Waals surface area contributed by atoms with E-state index in [4.69, 9.17) is 21.4 Å². The van der Waals surface area contributed by atoms with Gasteiger partial charge in [-0.25, -0.2) is 0 Å². The van der Waals surface area contributed by atoms with Crippen LogP contribution in [0.25, 0.3) is 0 Å². The van der Waals surface area contributed by atoms with Crippen LogP contribution in [-0.2, 0) is 11.2 Å². The SMILES string of the molecule is O=C(O)Cc1cccc(Oc2ccccc2Cl)c1[N+](=O)[O-]. The molecular weight excluding hydrogens is 298 g/mol. The first-order valence-corrected chi connectivity index (χ1v) is 6.27. The fourth-order valence-electron chi connectivity index (χ4n) is 1.81. The molecule has 0 aliphatic heterocycles. The molecule has 21 heavy (non-hydrogen) atoms. The van der Waals surface area contributed by atoms with Crippen LogP contribution in [-0.4, -0.2) is 16.0 Å². The quantitative estimate of drug-likeness (QED) is 0.672. The number of aliphatic carboxylic acids is 1. The Morgan fingerprint density at radius 1 is 1.19 bits per heavy atom. The maximum absolute atomic E-state index is 11.2. The molecule has 2 aromatic rings. The summed E-state index contributed by atoms with van der Waals surface area (Å²) >= 11 is 5.94. The van der Waals surface area contributed by atoms with Crippen molar-refractivity contribution in [1.82, 2.24) is 0 Å². The Kier molecular flexibility index (Phi) is 4.39. The van der Waals surface area contributed by atoms with Gasteiger partial charge in [0, 0.05) is 5.56 Å². The van der Waals surface area contributed by atoms with Gasteiger partial charge in [0.2, 0.25) is 5.75 Å². The molecule has 0 bridgehead atoms. The molecule has 1 N–H and O–H groups in total. The minimum atomic E-state index is -1.16. The van der Waals surface area contributed by atoms with Crippen LogP contribution in [0.3, 0.4) is 0 Å². The van der Waals surface area contributed by atoms with Crippen molar-refractivity contribution < 1.29 is 19.6 Å². The summed E-state index contributed by atoms with van der Waals surface area (Å²) in [6.45, 7) is 0. The van der Waals surface area contributed by atoms with Gasteiger partial charge in [-0.1, -0.05) is 35.9 Å². The maximum atomic E-state index is 11.2. The van der Waals surface area contributed by atoms with Gasteiger partial charge in [-0.3, -0.25) is 14.9 Å². The number of nitro benzene ring substituents is 1. The third-order valence-electron chi connectivity index (χ3n) is 2.66. The summed E-state index contributed by atoms with van der Waals surface area (Å²) in [5, 5.41) is 20.3. The molecule has 2 rings (SSSR count). The predicted molar refractivity (Wildman–Crippen MR) is 76.0 cm³/mol. The lowest BCUT2D eigenvalue weighted by molar-refractivity contribution is -0.386. The zero-order chi connectivity index (χ0) is 15.4. The molecule has 0 aromatic heterocycles. The number of nitro groups is 1. The number of nitrogens with zero attached hydrogens (tertiary/aromatic N) is 1. The molecule has 0 aliphatic carbocycles. The average Bonchev–Trinajstić information content (AvgIpc) is 2.40. The lowest BCUT2D eigenvalue weighted by Crippen LogP contribution is -2.05. The summed E-state index contributed by atoms with van der Waals surface area (Å²) in [7, 11) is 0. The molecule has 0 atom stereocenters. The van der Waals surface area contributed by atoms with Gasteiger partial charge in [0.05, 0.1) is 16.4 Å². The van der Waals surface area contributed by atoms with E-state index in [2.05, 4.69) is 0 Å². The second-order valence-electron chi connectivity index (χ2n) is 4.12. The number of halogens is 1. The summed E-state index contributed by atoms with van der Waals surface area (Å²) < 4.78 is 5.46. The second-order valence-corrected chi connectivity index (χ2v) is 4.53. The smallest absolute Gasteiger partial charge is 0.315 e. The zero-order valence-electron chi connectivity index (χ0n) is 10.7. The molecule has 0 radical (unpaired) electrons. The molecule has 0 saturated carbocycles. The molecule has 0 saturated heterocycles. The molecule has 0 fully saturated rings. The van der Waals surface area contributed by atoms with Crippen molar-refractivity contribution >= 4 is 23.3 Å². The van der Waals surface area contributed by atoms with Crippen LogP contribution in [0, 0.1) is 10.1 Å². The summed E-state index contributed by atoms with van der Waals surface area (Å²) in [5.41, 5.74) is -0.308. The molecular formula is C14H10ClNO5. The third-order valence-corrected chi connectivity index (χ3v) is 2.98. The Bertz CT molecular complexity index is 702. The first-order chi connectivity index (χ1) is 9.99. The van der Waals surface area contributed by atoms with Crippen LogP contribution in [0.5, 0.6) is 11.5 Å². The van der Waals surface area contributed by atoms with E-state index in [1.807, 2.05) is 0 Å². The van der Waals surface area contributed by atoms with Crippen LogP contribution in [0.2, 0.25) is 5.02 Å². The minimum Gasteiger partial charge on any atom is -0.481 e. The van der Waals surface area contributed by atoms with Crippen molar-refractivity contribution in [3.8, 4) is 11.5 Å². The van der Waals surface area contributed by atoms with Crippen molar-refractivity contribution in [3.05, 3.63) is 63.2 Å². The Labute approximate surface area is 124 Å². The molecule has 0 aliphatic rings. The normalized spacial score (nSPS) is 10.1. The average molecular weight is 308 g/mol. The van der Waals surface area contributed by atoms with E-state index in [1.165, 1.54) is 18.2 Å². The molecule has 108 valence electrons. The van der Waals surface area contributed by atoms with Crippen molar-refractivity contribution in [3.63, 3.8) is 0 Å². The molecule has 7 heteroatoms. The summed E-state index contributed by atoms with van der Waals surface area (Å²) in [6.07, 6.45) is -0.462. The van der Waals surface area contributed by atoms with Crippen LogP contribution in [0.15, 0.2) is 42.5 Å². The Morgan fingerprint density at radius 2 is 1.86 bits per heavy atom. The largest absolute Gasteiger partial charge is 0.481 e. The van der Waals surface area contributed by atoms with E-state index in [-0.39, 0.29) is 22.7 Å². The van der Waals surface area contributed by atoms with E-state index in [0.717, 1.165) is 0 Å². The van der Waals surface area contributed by atoms with Crippen LogP contribution in [0.4, 0.5) is 5.69 Å². The number of carboxylic acids is 1. The lowest BCUT2D eigenvalue weighted by Gasteiger charge is -2.09. The van der Waals surface area contributed by atoms with Crippen molar-refractivity contribution in [1.29, 1.82) is 0 Å². The Hall–Kier alpha value is -2.60. The minimum absolute atomic E-state index is 0.0492. The van der Waals surface area contributed by atoms with Gasteiger partial charge in [0.15, 0.2) is 0 Å². The highest BCUT2D eigenvalue weighted by atomic mass is 35.5. The first kappa shape index (κ1) is 14.8. The van der Waals surface area contributed by atoms with Crippen LogP contribution in [0.1, 0.15) is 5.56 Å². The van der Waals surface area contributed by atoms with Gasteiger partial charge in [0.25, 0.3) is 0 Å². The maximum Gasteiger partial charge on any atom is 0.315 e. The molecule has 6 nitrogen and oxygen atoms in total. The van der Waals surface area contributed by atoms with Crippen molar-refractivity contribution in [2.75, 3.05) is 0 Å². The van der Waals surface area contributed by atoms with Gasteiger partial charge in [-0.15, -0.1) is 0 Å². The first-order valence-electron chi connectivity index (χ1n) is 5.89. The Morgan fingerprint density at radius 3 is 2.48 bits per heavy atom. The molecule has 0 unspecified atom stereocenters. The summed E-state index contributed by atoms with van der Waals surface area (Å²) in [5.74, 6) is -0.949. The fourth-order valence-corrected chi connectivity index (χ4v) is 1.98. The second kappa shape index (κ2) is 6.23. The van der Waals surface area contributed by atoms with E-state index < -0.39 is 17.3 Å². The van der Waals surface area contributed by atoms with Gasteiger partial charge in [0.1, 0.15) is 5.75 Å². The molecule has 2 aromatic carbocycles. The van der Waals surface area contributed by atoms with Gasteiger partial charge >= 0.3 is 11.7 Å². The highest BCUT2D eigenvalue weighted by Gasteiger charge is 2.23. The van der Waals surface area contributed by atoms with E-state index in [9.17, 15) is 14.9 Å². The fraction of sp³-hybridized carbons (Fsp3) is 0.0714. The standard InChI is InChI=1S/C14H10ClNO5/c15-10-5-1-2-6-11(10)21-12-7-3-4-9(8-13(17)18)14(12)16(19)20/h1-7H,8H2,(H,17,18). The van der Waals surface area contributed by atoms with E-state index in [1.54, 1.807) is 24.3 Å². The van der Waals surface area contributed by atoms with Crippen LogP contribution < -0.4 is 4.74 Å². The number of benzene rings is 2. The topological polar surface area (TPSA) is 89.7 Å². The molecule has 0 amide bonds. The van der Waals surface area contributed by atoms with E-state index >= 15 is 0 Å². The number of hydrogen-bond donors (Lipinski definition) is 1. The number of ether oxygens (including phenoxy) is 1. The number of para-hydroxylation sites is 2. The zero-order valence-corrected chi connectivity index (χ0v) is 11.4. The summed E-state index contributed by atoms with van der Waals surface area (Å²) in [6, 6.07) is 10.8. The molecule has 0 spiro atoms. The van der Waals surface area contributed by atoms with E-state index in [0.29, 0.717) is 5.02 Å². The highest BCUT2D eigenvalue weighted by molar-refractivity contribution is 6.32. The van der Waals surface area contributed by atoms with Crippen LogP contribution >= 0.6 is 11.6 Å². The van der Waals surface area contributed by atoms with Gasteiger partial charge < -0.3 is 9.84 Å². The highest BCUT2D eigenvalue weighted by Crippen LogP contribution is 2.36.